The van der Waals surface area contributed by atoms with Crippen molar-refractivity contribution in [1.82, 2.24) is 0 Å². The van der Waals surface area contributed by atoms with E-state index in [-0.39, 0.29) is 11.0 Å². The van der Waals surface area contributed by atoms with Crippen molar-refractivity contribution >= 4 is 34.8 Å². The molecule has 0 aromatic rings. The second-order valence-corrected chi connectivity index (χ2v) is 2.91. The summed E-state index contributed by atoms with van der Waals surface area (Å²) < 4.78 is 36.5. The molecule has 2 heterocycles. The molecule has 74 valence electrons. The molecule has 1 unspecified atom stereocenters. The molecule has 4 nitrogen and oxygen atoms in total. The van der Waals surface area contributed by atoms with Crippen LogP contribution in [0.5, 0.6) is 0 Å². The average molecular weight is 223 g/mol. The van der Waals surface area contributed by atoms with Crippen LogP contribution in [0.4, 0.5) is 13.2 Å². The highest BCUT2D eigenvalue weighted by Gasteiger charge is 2.42. The van der Waals surface area contributed by atoms with Crippen LogP contribution in [-0.4, -0.2) is 35.4 Å². The summed E-state index contributed by atoms with van der Waals surface area (Å²) in [7, 11) is 0. The van der Waals surface area contributed by atoms with Gasteiger partial charge in [-0.25, -0.2) is 20.0 Å². The molecule has 0 fully saturated rings. The maximum atomic E-state index is 12.2. The Morgan fingerprint density at radius 2 is 2.07 bits per heavy atom. The molecule has 0 saturated heterocycles. The number of hydrogen-bond acceptors (Lipinski definition) is 4. The maximum Gasteiger partial charge on any atom is 0.451 e. The zero-order chi connectivity index (χ0) is 10.3. The van der Waals surface area contributed by atoms with E-state index < -0.39 is 18.1 Å². The van der Waals surface area contributed by atoms with Crippen LogP contribution >= 0.6 is 11.6 Å². The van der Waals surface area contributed by atoms with E-state index in [0.29, 0.717) is 0 Å². The second-order valence-electron chi connectivity index (χ2n) is 2.52. The molecule has 0 amide bonds. The molecule has 1 atom stereocenters. The number of fused-ring (bicyclic) bond motifs is 1. The Morgan fingerprint density at radius 3 is 2.64 bits per heavy atom. The fraction of sp³-hybridized carbons (Fsp3) is 0.333. The number of halogens is 4. The summed E-state index contributed by atoms with van der Waals surface area (Å²) in [4.78, 5) is 13.6. The van der Waals surface area contributed by atoms with Gasteiger partial charge < -0.3 is 0 Å². The third-order valence-corrected chi connectivity index (χ3v) is 1.87. The Hall–Kier alpha value is -1.24. The van der Waals surface area contributed by atoms with E-state index in [1.807, 2.05) is 0 Å². The topological polar surface area (TPSA) is 49.4 Å². The highest BCUT2D eigenvalue weighted by atomic mass is 35.5. The van der Waals surface area contributed by atoms with Crippen molar-refractivity contribution in [2.45, 2.75) is 12.2 Å². The van der Waals surface area contributed by atoms with Crippen molar-refractivity contribution < 1.29 is 13.2 Å². The summed E-state index contributed by atoms with van der Waals surface area (Å²) in [5.74, 6) is -1.29. The first kappa shape index (κ1) is 9.32. The summed E-state index contributed by atoms with van der Waals surface area (Å²) in [6.07, 6.45) is -3.52. The van der Waals surface area contributed by atoms with Gasteiger partial charge in [-0.3, -0.25) is 0 Å². The van der Waals surface area contributed by atoms with Gasteiger partial charge in [0.1, 0.15) is 11.5 Å². The fourth-order valence-electron chi connectivity index (χ4n) is 0.988. The van der Waals surface area contributed by atoms with Crippen molar-refractivity contribution in [3.63, 3.8) is 0 Å². The van der Waals surface area contributed by atoms with E-state index in [9.17, 15) is 13.2 Å². The monoisotopic (exact) mass is 222 g/mol. The first-order valence-corrected chi connectivity index (χ1v) is 3.85. The van der Waals surface area contributed by atoms with E-state index in [0.717, 1.165) is 6.34 Å². The van der Waals surface area contributed by atoms with Gasteiger partial charge in [0.25, 0.3) is 0 Å². The Morgan fingerprint density at radius 1 is 1.36 bits per heavy atom. The summed E-state index contributed by atoms with van der Waals surface area (Å²) >= 11 is 5.54. The molecular formula is C6H2ClF3N4. The van der Waals surface area contributed by atoms with Crippen molar-refractivity contribution in [3.8, 4) is 0 Å². The van der Waals surface area contributed by atoms with Gasteiger partial charge in [0.2, 0.25) is 5.84 Å². The van der Waals surface area contributed by atoms with Crippen LogP contribution in [0.3, 0.4) is 0 Å². The number of rotatable bonds is 0. The van der Waals surface area contributed by atoms with E-state index >= 15 is 0 Å². The lowest BCUT2D eigenvalue weighted by molar-refractivity contribution is -0.0596. The fourth-order valence-corrected chi connectivity index (χ4v) is 1.18. The molecule has 0 aromatic carbocycles. The van der Waals surface area contributed by atoms with Crippen molar-refractivity contribution in [1.29, 1.82) is 0 Å². The van der Waals surface area contributed by atoms with Crippen LogP contribution in [-0.2, 0) is 0 Å². The maximum absolute atomic E-state index is 12.2. The molecule has 0 aliphatic carbocycles. The van der Waals surface area contributed by atoms with Crippen LogP contribution in [0.15, 0.2) is 20.0 Å². The molecule has 0 N–H and O–H groups in total. The highest BCUT2D eigenvalue weighted by Crippen LogP contribution is 2.25. The van der Waals surface area contributed by atoms with Gasteiger partial charge in [0.05, 0.1) is 0 Å². The van der Waals surface area contributed by atoms with Gasteiger partial charge in [0.15, 0.2) is 11.9 Å². The minimum absolute atomic E-state index is 0.0574. The molecule has 0 aromatic heterocycles. The molecule has 2 aliphatic heterocycles. The van der Waals surface area contributed by atoms with Crippen molar-refractivity contribution in [2.75, 3.05) is 0 Å². The van der Waals surface area contributed by atoms with Gasteiger partial charge >= 0.3 is 6.18 Å². The molecule has 8 heteroatoms. The molecule has 0 spiro atoms. The number of aliphatic imine (C=N–C) groups is 4. The second kappa shape index (κ2) is 2.88. The first-order chi connectivity index (χ1) is 6.48. The minimum Gasteiger partial charge on any atom is -0.243 e. The van der Waals surface area contributed by atoms with E-state index in [1.54, 1.807) is 0 Å². The predicted octanol–water partition coefficient (Wildman–Crippen LogP) is 1.41. The SMILES string of the molecule is FC(F)(F)C1=NC2C(Cl)=NC=NC2=N1. The van der Waals surface area contributed by atoms with Crippen LogP contribution in [0, 0.1) is 0 Å². The van der Waals surface area contributed by atoms with E-state index in [1.165, 1.54) is 0 Å². The number of hydrogen-bond donors (Lipinski definition) is 0. The van der Waals surface area contributed by atoms with Gasteiger partial charge in [-0.1, -0.05) is 11.6 Å². The Labute approximate surface area is 80.9 Å². The van der Waals surface area contributed by atoms with Gasteiger partial charge in [0, 0.05) is 0 Å². The third-order valence-electron chi connectivity index (χ3n) is 1.57. The third kappa shape index (κ3) is 1.43. The molecule has 14 heavy (non-hydrogen) atoms. The van der Waals surface area contributed by atoms with Gasteiger partial charge in [-0.2, -0.15) is 13.2 Å². The lowest BCUT2D eigenvalue weighted by Crippen LogP contribution is -2.24. The van der Waals surface area contributed by atoms with Gasteiger partial charge in [-0.05, 0) is 0 Å². The lowest BCUT2D eigenvalue weighted by Gasteiger charge is -2.06. The van der Waals surface area contributed by atoms with Gasteiger partial charge in [-0.15, -0.1) is 0 Å². The zero-order valence-corrected chi connectivity index (χ0v) is 7.21. The summed E-state index contributed by atoms with van der Waals surface area (Å²) in [5.41, 5.74) is 0. The highest BCUT2D eigenvalue weighted by molar-refractivity contribution is 6.70. The Bertz CT molecular complexity index is 392. The Kier molecular flexibility index (Phi) is 1.91. The van der Waals surface area contributed by atoms with Crippen molar-refractivity contribution in [2.24, 2.45) is 20.0 Å². The van der Waals surface area contributed by atoms with Crippen LogP contribution < -0.4 is 0 Å². The first-order valence-electron chi connectivity index (χ1n) is 3.48. The number of alkyl halides is 3. The quantitative estimate of drug-likeness (QED) is 0.595. The molecule has 0 bridgehead atoms. The van der Waals surface area contributed by atoms with Crippen LogP contribution in [0.25, 0.3) is 0 Å². The summed E-state index contributed by atoms with van der Waals surface area (Å²) in [6.45, 7) is 0. The molecule has 0 radical (unpaired) electrons. The molecule has 2 aliphatic rings. The average Bonchev–Trinajstić information content (AvgIpc) is 2.48. The van der Waals surface area contributed by atoms with E-state index in [4.69, 9.17) is 11.6 Å². The standard InChI is InChI=1S/C6H2ClF3N4/c7-3-2-4(12-1-11-3)14-5(13-2)6(8,9)10/h1-2H. The smallest absolute Gasteiger partial charge is 0.243 e. The minimum atomic E-state index is -4.57. The normalized spacial score (nSPS) is 25.4. The molecule has 0 saturated carbocycles. The largest absolute Gasteiger partial charge is 0.451 e. The van der Waals surface area contributed by atoms with Crippen LogP contribution in [0.1, 0.15) is 0 Å². The molecular weight excluding hydrogens is 221 g/mol. The summed E-state index contributed by atoms with van der Waals surface area (Å²) in [5, 5.41) is -0.0574. The van der Waals surface area contributed by atoms with Crippen LogP contribution in [0.2, 0.25) is 0 Å². The lowest BCUT2D eigenvalue weighted by atomic mass is 10.3. The molecule has 2 rings (SSSR count). The number of amidine groups is 2. The van der Waals surface area contributed by atoms with E-state index in [2.05, 4.69) is 20.0 Å². The Balaban J connectivity index is 2.38. The van der Waals surface area contributed by atoms with Crippen molar-refractivity contribution in [3.05, 3.63) is 0 Å². The zero-order valence-electron chi connectivity index (χ0n) is 6.46. The number of nitrogens with zero attached hydrogens (tertiary/aromatic N) is 4. The predicted molar refractivity (Wildman–Crippen MR) is 46.5 cm³/mol. The summed E-state index contributed by atoms with van der Waals surface area (Å²) in [6, 6.07) is -0.988.